The van der Waals surface area contributed by atoms with Gasteiger partial charge < -0.3 is 10.5 Å². The third kappa shape index (κ3) is 3.71. The molecule has 0 aliphatic heterocycles. The lowest BCUT2D eigenvalue weighted by Crippen LogP contribution is -2.39. The van der Waals surface area contributed by atoms with E-state index in [1.54, 1.807) is 19.2 Å². The highest BCUT2D eigenvalue weighted by atomic mass is 32.2. The second-order valence-corrected chi connectivity index (χ2v) is 6.81. The number of sulfonamides is 1. The summed E-state index contributed by atoms with van der Waals surface area (Å²) in [5, 5.41) is 0. The SMILES string of the molecule is CCc1ccc(S(=O)(=O)N(CCOC)C(C)C)cc1N. The zero-order valence-electron chi connectivity index (χ0n) is 12.6. The van der Waals surface area contributed by atoms with Crippen LogP contribution in [0.1, 0.15) is 26.3 Å². The Balaban J connectivity index is 3.16. The van der Waals surface area contributed by atoms with E-state index in [0.717, 1.165) is 12.0 Å². The van der Waals surface area contributed by atoms with Crippen molar-refractivity contribution in [2.75, 3.05) is 26.0 Å². The van der Waals surface area contributed by atoms with Gasteiger partial charge in [-0.3, -0.25) is 0 Å². The van der Waals surface area contributed by atoms with Crippen molar-refractivity contribution in [2.24, 2.45) is 0 Å². The van der Waals surface area contributed by atoms with E-state index in [9.17, 15) is 8.42 Å². The first-order valence-corrected chi connectivity index (χ1v) is 8.17. The van der Waals surface area contributed by atoms with Gasteiger partial charge in [0.15, 0.2) is 0 Å². The predicted octanol–water partition coefficient (Wildman–Crippen LogP) is 1.88. The molecule has 0 unspecified atom stereocenters. The molecule has 0 fully saturated rings. The van der Waals surface area contributed by atoms with Crippen LogP contribution >= 0.6 is 0 Å². The molecule has 0 radical (unpaired) electrons. The average Bonchev–Trinajstić information content (AvgIpc) is 2.38. The van der Waals surface area contributed by atoms with Crippen LogP contribution in [0, 0.1) is 0 Å². The van der Waals surface area contributed by atoms with E-state index >= 15 is 0 Å². The fourth-order valence-corrected chi connectivity index (χ4v) is 3.68. The Kier molecular flexibility index (Phi) is 5.98. The fraction of sp³-hybridized carbons (Fsp3) is 0.571. The Morgan fingerprint density at radius 2 is 2.00 bits per heavy atom. The summed E-state index contributed by atoms with van der Waals surface area (Å²) in [6.07, 6.45) is 0.781. The van der Waals surface area contributed by atoms with Crippen LogP contribution in [0.4, 0.5) is 5.69 Å². The van der Waals surface area contributed by atoms with E-state index in [4.69, 9.17) is 10.5 Å². The molecule has 0 aromatic heterocycles. The molecule has 0 aliphatic carbocycles. The summed E-state index contributed by atoms with van der Waals surface area (Å²) in [7, 11) is -1.99. The number of methoxy groups -OCH3 is 1. The maximum atomic E-state index is 12.6. The highest BCUT2D eigenvalue weighted by Crippen LogP contribution is 2.23. The molecule has 0 spiro atoms. The van der Waals surface area contributed by atoms with E-state index < -0.39 is 10.0 Å². The van der Waals surface area contributed by atoms with Gasteiger partial charge in [0.2, 0.25) is 10.0 Å². The average molecular weight is 300 g/mol. The molecule has 0 aliphatic rings. The van der Waals surface area contributed by atoms with Crippen LogP contribution < -0.4 is 5.73 Å². The van der Waals surface area contributed by atoms with Gasteiger partial charge >= 0.3 is 0 Å². The summed E-state index contributed by atoms with van der Waals surface area (Å²) in [4.78, 5) is 0.233. The molecule has 1 rings (SSSR count). The number of nitrogens with zero attached hydrogens (tertiary/aromatic N) is 1. The van der Waals surface area contributed by atoms with Crippen LogP contribution in [-0.2, 0) is 21.2 Å². The molecule has 1 aromatic rings. The van der Waals surface area contributed by atoms with Crippen molar-refractivity contribution in [1.82, 2.24) is 4.31 Å². The van der Waals surface area contributed by atoms with Crippen LogP contribution in [0.25, 0.3) is 0 Å². The van der Waals surface area contributed by atoms with Gasteiger partial charge in [-0.05, 0) is 38.0 Å². The van der Waals surface area contributed by atoms with E-state index in [2.05, 4.69) is 0 Å². The normalized spacial score (nSPS) is 12.3. The fourth-order valence-electron chi connectivity index (χ4n) is 2.03. The molecule has 0 atom stereocenters. The quantitative estimate of drug-likeness (QED) is 0.780. The summed E-state index contributed by atoms with van der Waals surface area (Å²) in [6, 6.07) is 4.79. The summed E-state index contributed by atoms with van der Waals surface area (Å²) in [6.45, 7) is 6.36. The number of nitrogens with two attached hydrogens (primary N) is 1. The molecular weight excluding hydrogens is 276 g/mol. The molecule has 6 heteroatoms. The lowest BCUT2D eigenvalue weighted by atomic mass is 10.1. The molecule has 0 saturated heterocycles. The molecule has 1 aromatic carbocycles. The van der Waals surface area contributed by atoms with Crippen molar-refractivity contribution < 1.29 is 13.2 Å². The van der Waals surface area contributed by atoms with Gasteiger partial charge in [0.25, 0.3) is 0 Å². The maximum Gasteiger partial charge on any atom is 0.243 e. The summed E-state index contributed by atoms with van der Waals surface area (Å²) < 4.78 is 31.7. The maximum absolute atomic E-state index is 12.6. The van der Waals surface area contributed by atoms with Crippen molar-refractivity contribution in [3.8, 4) is 0 Å². The van der Waals surface area contributed by atoms with Gasteiger partial charge in [-0.2, -0.15) is 4.31 Å². The molecule has 0 amide bonds. The van der Waals surface area contributed by atoms with E-state index in [1.165, 1.54) is 10.4 Å². The Bertz CT molecular complexity index is 541. The number of anilines is 1. The molecule has 0 heterocycles. The first-order valence-electron chi connectivity index (χ1n) is 6.73. The first-order chi connectivity index (χ1) is 9.34. The number of ether oxygens (including phenoxy) is 1. The van der Waals surface area contributed by atoms with Crippen LogP contribution in [0.15, 0.2) is 23.1 Å². The highest BCUT2D eigenvalue weighted by Gasteiger charge is 2.27. The lowest BCUT2D eigenvalue weighted by molar-refractivity contribution is 0.171. The van der Waals surface area contributed by atoms with Crippen molar-refractivity contribution in [1.29, 1.82) is 0 Å². The highest BCUT2D eigenvalue weighted by molar-refractivity contribution is 7.89. The van der Waals surface area contributed by atoms with Crippen LogP contribution in [-0.4, -0.2) is 39.0 Å². The second-order valence-electron chi connectivity index (χ2n) is 4.92. The van der Waals surface area contributed by atoms with Gasteiger partial charge in [-0.1, -0.05) is 13.0 Å². The van der Waals surface area contributed by atoms with Gasteiger partial charge in [-0.25, -0.2) is 8.42 Å². The number of aryl methyl sites for hydroxylation is 1. The number of nitrogen functional groups attached to an aromatic ring is 1. The first kappa shape index (κ1) is 16.9. The standard InChI is InChI=1S/C14H24N2O3S/c1-5-12-6-7-13(10-14(12)15)20(17,18)16(11(2)3)8-9-19-4/h6-7,10-11H,5,8-9,15H2,1-4H3. The number of hydrogen-bond acceptors (Lipinski definition) is 4. The van der Waals surface area contributed by atoms with E-state index in [-0.39, 0.29) is 10.9 Å². The number of benzene rings is 1. The second kappa shape index (κ2) is 7.06. The topological polar surface area (TPSA) is 72.6 Å². The molecule has 2 N–H and O–H groups in total. The van der Waals surface area contributed by atoms with E-state index in [1.807, 2.05) is 20.8 Å². The third-order valence-corrected chi connectivity index (χ3v) is 5.27. The molecule has 114 valence electrons. The summed E-state index contributed by atoms with van der Waals surface area (Å²) in [5.41, 5.74) is 7.37. The Labute approximate surface area is 121 Å². The monoisotopic (exact) mass is 300 g/mol. The summed E-state index contributed by atoms with van der Waals surface area (Å²) in [5.74, 6) is 0. The minimum absolute atomic E-state index is 0.137. The van der Waals surface area contributed by atoms with Gasteiger partial charge in [-0.15, -0.1) is 0 Å². The summed E-state index contributed by atoms with van der Waals surface area (Å²) >= 11 is 0. The molecular formula is C14H24N2O3S. The van der Waals surface area contributed by atoms with Crippen LogP contribution in [0.3, 0.4) is 0 Å². The molecule has 0 saturated carbocycles. The van der Waals surface area contributed by atoms with Crippen molar-refractivity contribution in [3.63, 3.8) is 0 Å². The minimum Gasteiger partial charge on any atom is -0.398 e. The van der Waals surface area contributed by atoms with Crippen molar-refractivity contribution in [3.05, 3.63) is 23.8 Å². The van der Waals surface area contributed by atoms with Gasteiger partial charge in [0, 0.05) is 25.4 Å². The van der Waals surface area contributed by atoms with Gasteiger partial charge in [0.1, 0.15) is 0 Å². The Morgan fingerprint density at radius 1 is 1.35 bits per heavy atom. The minimum atomic E-state index is -3.55. The zero-order chi connectivity index (χ0) is 15.3. The molecule has 0 bridgehead atoms. The number of hydrogen-bond donors (Lipinski definition) is 1. The lowest BCUT2D eigenvalue weighted by Gasteiger charge is -2.25. The number of rotatable bonds is 7. The largest absolute Gasteiger partial charge is 0.398 e. The Hall–Kier alpha value is -1.11. The zero-order valence-corrected chi connectivity index (χ0v) is 13.4. The Morgan fingerprint density at radius 3 is 2.45 bits per heavy atom. The van der Waals surface area contributed by atoms with Crippen molar-refractivity contribution in [2.45, 2.75) is 38.1 Å². The third-order valence-electron chi connectivity index (χ3n) is 3.20. The van der Waals surface area contributed by atoms with Crippen molar-refractivity contribution >= 4 is 15.7 Å². The van der Waals surface area contributed by atoms with Gasteiger partial charge in [0.05, 0.1) is 11.5 Å². The van der Waals surface area contributed by atoms with E-state index in [0.29, 0.717) is 18.8 Å². The smallest absolute Gasteiger partial charge is 0.243 e. The van der Waals surface area contributed by atoms with Crippen LogP contribution in [0.5, 0.6) is 0 Å². The molecule has 5 nitrogen and oxygen atoms in total. The molecule has 20 heavy (non-hydrogen) atoms. The van der Waals surface area contributed by atoms with Crippen LogP contribution in [0.2, 0.25) is 0 Å². The predicted molar refractivity (Wildman–Crippen MR) is 81.1 cm³/mol.